The third kappa shape index (κ3) is 3.54. The maximum absolute atomic E-state index is 12.5. The van der Waals surface area contributed by atoms with E-state index in [0.717, 1.165) is 5.69 Å². The van der Waals surface area contributed by atoms with Crippen LogP contribution in [0.15, 0.2) is 24.4 Å². The van der Waals surface area contributed by atoms with Crippen molar-refractivity contribution in [1.82, 2.24) is 20.5 Å². The molecule has 0 aromatic carbocycles. The van der Waals surface area contributed by atoms with E-state index in [0.29, 0.717) is 13.1 Å². The quantitative estimate of drug-likeness (QED) is 0.806. The van der Waals surface area contributed by atoms with Crippen molar-refractivity contribution < 1.29 is 9.59 Å². The smallest absolute Gasteiger partial charge is 0.242 e. The summed E-state index contributed by atoms with van der Waals surface area (Å²) in [6.07, 6.45) is 1.72. The van der Waals surface area contributed by atoms with Crippen molar-refractivity contribution in [2.45, 2.75) is 32.5 Å². The van der Waals surface area contributed by atoms with Crippen LogP contribution in [0.3, 0.4) is 0 Å². The zero-order valence-electron chi connectivity index (χ0n) is 11.8. The van der Waals surface area contributed by atoms with E-state index in [2.05, 4.69) is 15.6 Å². The molecular formula is C14H20N4O2. The number of aromatic nitrogens is 1. The maximum atomic E-state index is 12.5. The Kier molecular flexibility index (Phi) is 4.68. The van der Waals surface area contributed by atoms with Crippen LogP contribution in [-0.4, -0.2) is 46.9 Å². The predicted molar refractivity (Wildman–Crippen MR) is 74.7 cm³/mol. The summed E-state index contributed by atoms with van der Waals surface area (Å²) in [6.45, 7) is 4.95. The molecule has 1 aliphatic rings. The first-order chi connectivity index (χ1) is 9.58. The Morgan fingerprint density at radius 2 is 2.30 bits per heavy atom. The minimum Gasteiger partial charge on any atom is -0.353 e. The van der Waals surface area contributed by atoms with Gasteiger partial charge in [0.25, 0.3) is 0 Å². The van der Waals surface area contributed by atoms with Crippen molar-refractivity contribution in [3.8, 4) is 0 Å². The van der Waals surface area contributed by atoms with E-state index in [1.165, 1.54) is 0 Å². The first kappa shape index (κ1) is 14.5. The molecular weight excluding hydrogens is 256 g/mol. The topological polar surface area (TPSA) is 74.3 Å². The highest BCUT2D eigenvalue weighted by molar-refractivity contribution is 5.86. The van der Waals surface area contributed by atoms with Crippen LogP contribution in [0.4, 0.5) is 0 Å². The largest absolute Gasteiger partial charge is 0.353 e. The summed E-state index contributed by atoms with van der Waals surface area (Å²) in [6, 6.07) is 5.37. The van der Waals surface area contributed by atoms with E-state index in [9.17, 15) is 9.59 Å². The fraction of sp³-hybridized carbons (Fsp3) is 0.500. The van der Waals surface area contributed by atoms with Crippen LogP contribution in [0.1, 0.15) is 19.5 Å². The molecule has 1 saturated heterocycles. The Balaban J connectivity index is 2.04. The minimum atomic E-state index is -0.362. The van der Waals surface area contributed by atoms with E-state index < -0.39 is 0 Å². The van der Waals surface area contributed by atoms with E-state index in [-0.39, 0.29) is 30.4 Å². The lowest BCUT2D eigenvalue weighted by Crippen LogP contribution is -2.59. The summed E-state index contributed by atoms with van der Waals surface area (Å²) in [4.78, 5) is 29.7. The molecule has 1 fully saturated rings. The number of carbonyl (C=O) groups excluding carboxylic acids is 2. The highest BCUT2D eigenvalue weighted by Gasteiger charge is 2.29. The van der Waals surface area contributed by atoms with Gasteiger partial charge < -0.3 is 10.2 Å². The van der Waals surface area contributed by atoms with Gasteiger partial charge in [-0.05, 0) is 26.0 Å². The number of rotatable bonds is 4. The van der Waals surface area contributed by atoms with Crippen molar-refractivity contribution in [1.29, 1.82) is 0 Å². The minimum absolute atomic E-state index is 0.00865. The van der Waals surface area contributed by atoms with Crippen molar-refractivity contribution >= 4 is 11.8 Å². The van der Waals surface area contributed by atoms with Gasteiger partial charge in [0.1, 0.15) is 6.04 Å². The first-order valence-corrected chi connectivity index (χ1v) is 6.78. The summed E-state index contributed by atoms with van der Waals surface area (Å²) in [5, 5.41) is 5.67. The predicted octanol–water partition coefficient (Wildman–Crippen LogP) is -0.0934. The monoisotopic (exact) mass is 276 g/mol. The number of nitrogens with one attached hydrogen (secondary N) is 2. The van der Waals surface area contributed by atoms with E-state index in [4.69, 9.17) is 0 Å². The van der Waals surface area contributed by atoms with Gasteiger partial charge in [0.05, 0.1) is 18.8 Å². The van der Waals surface area contributed by atoms with Gasteiger partial charge in [0.2, 0.25) is 11.8 Å². The molecule has 2 amide bonds. The normalized spacial score (nSPS) is 18.8. The third-order valence-corrected chi connectivity index (χ3v) is 3.28. The molecule has 2 heterocycles. The van der Waals surface area contributed by atoms with Crippen molar-refractivity contribution in [2.75, 3.05) is 13.1 Å². The second kappa shape index (κ2) is 6.47. The van der Waals surface area contributed by atoms with E-state index in [1.807, 2.05) is 32.0 Å². The highest BCUT2D eigenvalue weighted by atomic mass is 16.2. The molecule has 6 nitrogen and oxygen atoms in total. The molecule has 2 rings (SSSR count). The van der Waals surface area contributed by atoms with Gasteiger partial charge in [-0.2, -0.15) is 0 Å². The molecule has 1 unspecified atom stereocenters. The first-order valence-electron chi connectivity index (χ1n) is 6.78. The molecule has 2 N–H and O–H groups in total. The van der Waals surface area contributed by atoms with Gasteiger partial charge in [0.15, 0.2) is 0 Å². The van der Waals surface area contributed by atoms with Crippen LogP contribution in [0, 0.1) is 0 Å². The molecule has 1 aromatic rings. The number of hydrogen-bond donors (Lipinski definition) is 2. The number of amides is 2. The lowest BCUT2D eigenvalue weighted by atomic mass is 10.1. The Bertz CT molecular complexity index is 465. The molecule has 1 aromatic heterocycles. The summed E-state index contributed by atoms with van der Waals surface area (Å²) in [5.41, 5.74) is 0.856. The second-order valence-electron chi connectivity index (χ2n) is 5.12. The van der Waals surface area contributed by atoms with E-state index in [1.54, 1.807) is 11.1 Å². The van der Waals surface area contributed by atoms with Crippen LogP contribution < -0.4 is 10.6 Å². The molecule has 20 heavy (non-hydrogen) atoms. The Morgan fingerprint density at radius 3 is 2.85 bits per heavy atom. The van der Waals surface area contributed by atoms with Gasteiger partial charge in [0, 0.05) is 18.8 Å². The Hall–Kier alpha value is -1.95. The zero-order valence-corrected chi connectivity index (χ0v) is 11.8. The molecule has 0 spiro atoms. The molecule has 0 aliphatic carbocycles. The highest BCUT2D eigenvalue weighted by Crippen LogP contribution is 2.09. The summed E-state index contributed by atoms with van der Waals surface area (Å²) in [5.74, 6) is -0.0828. The SMILES string of the molecule is CC(C)N(Cc1ccccn1)C(=O)C1CNC(=O)CN1. The average Bonchev–Trinajstić information content (AvgIpc) is 2.45. The zero-order chi connectivity index (χ0) is 14.5. The standard InChI is InChI=1S/C14H20N4O2/c1-10(2)18(9-11-5-3-4-6-15-11)14(20)12-7-17-13(19)8-16-12/h3-6,10,12,16H,7-9H2,1-2H3,(H,17,19). The summed E-state index contributed by atoms with van der Waals surface area (Å²) in [7, 11) is 0. The van der Waals surface area contributed by atoms with Crippen LogP contribution in [0.25, 0.3) is 0 Å². The molecule has 0 bridgehead atoms. The lowest BCUT2D eigenvalue weighted by Gasteiger charge is -2.32. The van der Waals surface area contributed by atoms with Gasteiger partial charge >= 0.3 is 0 Å². The van der Waals surface area contributed by atoms with Gasteiger partial charge in [-0.3, -0.25) is 19.9 Å². The molecule has 1 aliphatic heterocycles. The summed E-state index contributed by atoms with van der Waals surface area (Å²) < 4.78 is 0. The van der Waals surface area contributed by atoms with Gasteiger partial charge in [-0.25, -0.2) is 0 Å². The van der Waals surface area contributed by atoms with Crippen molar-refractivity contribution in [3.63, 3.8) is 0 Å². The lowest BCUT2D eigenvalue weighted by molar-refractivity contribution is -0.137. The molecule has 108 valence electrons. The van der Waals surface area contributed by atoms with Crippen LogP contribution in [-0.2, 0) is 16.1 Å². The second-order valence-corrected chi connectivity index (χ2v) is 5.12. The maximum Gasteiger partial charge on any atom is 0.242 e. The van der Waals surface area contributed by atoms with Crippen molar-refractivity contribution in [2.24, 2.45) is 0 Å². The average molecular weight is 276 g/mol. The molecule has 6 heteroatoms. The number of carbonyl (C=O) groups is 2. The molecule has 1 atom stereocenters. The molecule has 0 radical (unpaired) electrons. The fourth-order valence-electron chi connectivity index (χ4n) is 2.12. The number of piperazine rings is 1. The number of pyridine rings is 1. The van der Waals surface area contributed by atoms with Gasteiger partial charge in [-0.1, -0.05) is 6.07 Å². The van der Waals surface area contributed by atoms with Crippen LogP contribution >= 0.6 is 0 Å². The number of hydrogen-bond acceptors (Lipinski definition) is 4. The molecule has 0 saturated carbocycles. The van der Waals surface area contributed by atoms with Gasteiger partial charge in [-0.15, -0.1) is 0 Å². The number of nitrogens with zero attached hydrogens (tertiary/aromatic N) is 2. The van der Waals surface area contributed by atoms with Crippen molar-refractivity contribution in [3.05, 3.63) is 30.1 Å². The summed E-state index contributed by atoms with van der Waals surface area (Å²) >= 11 is 0. The Labute approximate surface area is 118 Å². The third-order valence-electron chi connectivity index (χ3n) is 3.28. The van der Waals surface area contributed by atoms with E-state index >= 15 is 0 Å². The van der Waals surface area contributed by atoms with Crippen LogP contribution in [0.2, 0.25) is 0 Å². The van der Waals surface area contributed by atoms with Crippen LogP contribution in [0.5, 0.6) is 0 Å². The Morgan fingerprint density at radius 1 is 1.50 bits per heavy atom. The fourth-order valence-corrected chi connectivity index (χ4v) is 2.12.